The van der Waals surface area contributed by atoms with Crippen molar-refractivity contribution in [2.75, 3.05) is 12.0 Å². The molecule has 30 heavy (non-hydrogen) atoms. The van der Waals surface area contributed by atoms with E-state index in [2.05, 4.69) is 24.9 Å². The van der Waals surface area contributed by atoms with Crippen LogP contribution in [0.4, 0.5) is 5.69 Å². The van der Waals surface area contributed by atoms with Gasteiger partial charge in [-0.15, -0.1) is 0 Å². The highest BCUT2D eigenvalue weighted by molar-refractivity contribution is 6.01. The summed E-state index contributed by atoms with van der Waals surface area (Å²) in [5.41, 5.74) is 9.68. The largest absolute Gasteiger partial charge is 0.496 e. The lowest BCUT2D eigenvalue weighted by Crippen LogP contribution is -2.42. The summed E-state index contributed by atoms with van der Waals surface area (Å²) in [4.78, 5) is 19.5. The monoisotopic (exact) mass is 400 g/mol. The second-order valence-electron chi connectivity index (χ2n) is 8.43. The van der Waals surface area contributed by atoms with E-state index >= 15 is 0 Å². The van der Waals surface area contributed by atoms with E-state index in [1.54, 1.807) is 19.5 Å². The maximum Gasteiger partial charge on any atom is 0.162 e. The molecule has 152 valence electrons. The standard InChI is InChI=1S/C24H24N4O2/c1-24(2)11-18-22(19(29)12-24)21(16-8-4-5-9-20(16)30-3)17(13-25)23(26)28(18)15-7-6-10-27-14-15/h4-10,14,21H,11-12,26H2,1-3H3/t21-/m1/s1. The number of hydrogen-bond acceptors (Lipinski definition) is 6. The number of rotatable bonds is 3. The van der Waals surface area contributed by atoms with Crippen LogP contribution in [-0.4, -0.2) is 17.9 Å². The molecular weight excluding hydrogens is 376 g/mol. The lowest BCUT2D eigenvalue weighted by Gasteiger charge is -2.43. The molecule has 4 rings (SSSR count). The number of hydrogen-bond donors (Lipinski definition) is 1. The number of methoxy groups -OCH3 is 1. The Labute approximate surface area is 176 Å². The molecule has 0 amide bonds. The highest BCUT2D eigenvalue weighted by Gasteiger charge is 2.45. The summed E-state index contributed by atoms with van der Waals surface area (Å²) in [6, 6.07) is 13.5. The molecule has 0 spiro atoms. The van der Waals surface area contributed by atoms with Gasteiger partial charge in [-0.05, 0) is 30.0 Å². The zero-order chi connectivity index (χ0) is 21.5. The van der Waals surface area contributed by atoms with Gasteiger partial charge in [0.15, 0.2) is 5.78 Å². The summed E-state index contributed by atoms with van der Waals surface area (Å²) in [6.45, 7) is 4.15. The zero-order valence-corrected chi connectivity index (χ0v) is 17.3. The fraction of sp³-hybridized carbons (Fsp3) is 0.292. The Bertz CT molecular complexity index is 1110. The van der Waals surface area contributed by atoms with E-state index in [4.69, 9.17) is 10.5 Å². The van der Waals surface area contributed by atoms with Crippen molar-refractivity contribution in [3.8, 4) is 11.8 Å². The number of nitrogens with zero attached hydrogens (tertiary/aromatic N) is 3. The van der Waals surface area contributed by atoms with Gasteiger partial charge in [0, 0.05) is 29.5 Å². The second kappa shape index (κ2) is 7.34. The van der Waals surface area contributed by atoms with E-state index in [-0.39, 0.29) is 11.2 Å². The van der Waals surface area contributed by atoms with Crippen LogP contribution in [-0.2, 0) is 4.79 Å². The summed E-state index contributed by atoms with van der Waals surface area (Å²) in [7, 11) is 1.59. The Morgan fingerprint density at radius 3 is 2.67 bits per heavy atom. The summed E-state index contributed by atoms with van der Waals surface area (Å²) < 4.78 is 5.56. The van der Waals surface area contributed by atoms with Crippen LogP contribution in [0.1, 0.15) is 38.2 Å². The molecule has 2 aliphatic rings. The van der Waals surface area contributed by atoms with Crippen molar-refractivity contribution in [1.82, 2.24) is 4.98 Å². The Morgan fingerprint density at radius 2 is 2.00 bits per heavy atom. The van der Waals surface area contributed by atoms with Crippen LogP contribution in [0.2, 0.25) is 0 Å². The van der Waals surface area contributed by atoms with E-state index in [0.717, 1.165) is 16.9 Å². The van der Waals surface area contributed by atoms with E-state index in [0.29, 0.717) is 35.6 Å². The molecule has 0 unspecified atom stereocenters. The molecule has 2 heterocycles. The van der Waals surface area contributed by atoms with Gasteiger partial charge < -0.3 is 10.5 Å². The molecule has 1 atom stereocenters. The van der Waals surface area contributed by atoms with Gasteiger partial charge in [-0.3, -0.25) is 14.7 Å². The van der Waals surface area contributed by atoms with Crippen LogP contribution in [0.5, 0.6) is 5.75 Å². The number of carbonyl (C=O) groups excluding carboxylic acids is 1. The number of pyridine rings is 1. The van der Waals surface area contributed by atoms with Crippen molar-refractivity contribution in [1.29, 1.82) is 5.26 Å². The van der Waals surface area contributed by atoms with E-state index in [1.165, 1.54) is 0 Å². The third-order valence-electron chi connectivity index (χ3n) is 5.74. The third-order valence-corrected chi connectivity index (χ3v) is 5.74. The van der Waals surface area contributed by atoms with Gasteiger partial charge >= 0.3 is 0 Å². The predicted octanol–water partition coefficient (Wildman–Crippen LogP) is 4.03. The Balaban J connectivity index is 2.03. The van der Waals surface area contributed by atoms with E-state index in [1.807, 2.05) is 41.3 Å². The molecule has 1 aliphatic carbocycles. The number of ether oxygens (including phenoxy) is 1. The van der Waals surface area contributed by atoms with Crippen molar-refractivity contribution in [2.24, 2.45) is 11.1 Å². The molecule has 1 aliphatic heterocycles. The van der Waals surface area contributed by atoms with Gasteiger partial charge in [-0.1, -0.05) is 32.0 Å². The minimum Gasteiger partial charge on any atom is -0.496 e. The lowest BCUT2D eigenvalue weighted by molar-refractivity contribution is -0.118. The Kier molecular flexibility index (Phi) is 4.83. The predicted molar refractivity (Wildman–Crippen MR) is 114 cm³/mol. The van der Waals surface area contributed by atoms with Crippen LogP contribution >= 0.6 is 0 Å². The van der Waals surface area contributed by atoms with Crippen LogP contribution < -0.4 is 15.4 Å². The Morgan fingerprint density at radius 1 is 1.23 bits per heavy atom. The number of para-hydroxylation sites is 1. The molecule has 6 heteroatoms. The first-order valence-corrected chi connectivity index (χ1v) is 9.87. The van der Waals surface area contributed by atoms with E-state index in [9.17, 15) is 10.1 Å². The van der Waals surface area contributed by atoms with Gasteiger partial charge in [0.2, 0.25) is 0 Å². The number of carbonyl (C=O) groups is 1. The molecule has 0 saturated carbocycles. The normalized spacial score (nSPS) is 20.7. The molecule has 0 saturated heterocycles. The van der Waals surface area contributed by atoms with Crippen molar-refractivity contribution in [3.63, 3.8) is 0 Å². The SMILES string of the molecule is COc1ccccc1[C@@H]1C(C#N)=C(N)N(c2cccnc2)C2=C1C(=O)CC(C)(C)C2. The summed E-state index contributed by atoms with van der Waals surface area (Å²) in [5, 5.41) is 10.1. The molecule has 2 aromatic rings. The number of allylic oxidation sites excluding steroid dienone is 3. The van der Waals surface area contributed by atoms with Gasteiger partial charge in [-0.25, -0.2) is 0 Å². The van der Waals surface area contributed by atoms with E-state index < -0.39 is 5.92 Å². The molecule has 1 aromatic carbocycles. The summed E-state index contributed by atoms with van der Waals surface area (Å²) in [5.74, 6) is 0.428. The van der Waals surface area contributed by atoms with Crippen LogP contribution in [0.3, 0.4) is 0 Å². The summed E-state index contributed by atoms with van der Waals surface area (Å²) in [6.07, 6.45) is 4.45. The smallest absolute Gasteiger partial charge is 0.162 e. The average Bonchev–Trinajstić information content (AvgIpc) is 2.72. The number of anilines is 1. The fourth-order valence-electron chi connectivity index (χ4n) is 4.51. The maximum atomic E-state index is 13.5. The number of nitrogens with two attached hydrogens (primary N) is 1. The number of aromatic nitrogens is 1. The van der Waals surface area contributed by atoms with Gasteiger partial charge in [0.05, 0.1) is 36.6 Å². The van der Waals surface area contributed by atoms with Gasteiger partial charge in [0.1, 0.15) is 11.6 Å². The van der Waals surface area contributed by atoms with Gasteiger partial charge in [-0.2, -0.15) is 5.26 Å². The molecule has 6 nitrogen and oxygen atoms in total. The topological polar surface area (TPSA) is 92.2 Å². The number of nitriles is 1. The molecule has 0 bridgehead atoms. The van der Waals surface area contributed by atoms with Crippen molar-refractivity contribution >= 4 is 11.5 Å². The number of ketones is 1. The minimum absolute atomic E-state index is 0.0336. The first kappa shape index (κ1) is 19.7. The zero-order valence-electron chi connectivity index (χ0n) is 17.3. The van der Waals surface area contributed by atoms with Crippen LogP contribution in [0.25, 0.3) is 0 Å². The average molecular weight is 400 g/mol. The molecule has 1 aromatic heterocycles. The molecule has 0 fully saturated rings. The van der Waals surface area contributed by atoms with Crippen molar-refractivity contribution in [3.05, 3.63) is 77.0 Å². The molecule has 2 N–H and O–H groups in total. The highest BCUT2D eigenvalue weighted by atomic mass is 16.5. The first-order valence-electron chi connectivity index (χ1n) is 9.87. The lowest BCUT2D eigenvalue weighted by atomic mass is 9.68. The van der Waals surface area contributed by atoms with Crippen LogP contribution in [0, 0.1) is 16.7 Å². The maximum absolute atomic E-state index is 13.5. The summed E-state index contributed by atoms with van der Waals surface area (Å²) >= 11 is 0. The van der Waals surface area contributed by atoms with Crippen LogP contribution in [0.15, 0.2) is 71.5 Å². The van der Waals surface area contributed by atoms with Gasteiger partial charge in [0.25, 0.3) is 0 Å². The first-order chi connectivity index (χ1) is 14.4. The third kappa shape index (κ3) is 3.13. The van der Waals surface area contributed by atoms with Crippen molar-refractivity contribution in [2.45, 2.75) is 32.6 Å². The molecular formula is C24H24N4O2. The molecule has 0 radical (unpaired) electrons. The second-order valence-corrected chi connectivity index (χ2v) is 8.43. The van der Waals surface area contributed by atoms with Crippen molar-refractivity contribution < 1.29 is 9.53 Å². The quantitative estimate of drug-likeness (QED) is 0.836. The minimum atomic E-state index is -0.558. The number of Topliss-reactive ketones (excluding diaryl/α,β-unsaturated/α-hetero) is 1. The number of benzene rings is 1. The fourth-order valence-corrected chi connectivity index (χ4v) is 4.51. The highest BCUT2D eigenvalue weighted by Crippen LogP contribution is 2.51. The Hall–Kier alpha value is -3.59.